The average molecular weight is 309 g/mol. The van der Waals surface area contributed by atoms with Gasteiger partial charge in [0.15, 0.2) is 0 Å². The number of amides is 1. The maximum absolute atomic E-state index is 12.6. The van der Waals surface area contributed by atoms with Crippen LogP contribution in [-0.4, -0.2) is 29.9 Å². The molecule has 1 aromatic carbocycles. The van der Waals surface area contributed by atoms with Gasteiger partial charge < -0.3 is 10.6 Å². The van der Waals surface area contributed by atoms with E-state index < -0.39 is 0 Å². The van der Waals surface area contributed by atoms with Crippen molar-refractivity contribution in [2.24, 2.45) is 11.7 Å². The zero-order chi connectivity index (χ0) is 15.4. The van der Waals surface area contributed by atoms with Crippen LogP contribution in [0.1, 0.15) is 44.6 Å². The molecule has 2 N–H and O–H groups in total. The molecule has 0 aromatic heterocycles. The molecule has 1 fully saturated rings. The highest BCUT2D eigenvalue weighted by Crippen LogP contribution is 2.28. The minimum atomic E-state index is 0.0535. The molecule has 2 unspecified atom stereocenters. The van der Waals surface area contributed by atoms with Crippen LogP contribution >= 0.6 is 11.6 Å². The van der Waals surface area contributed by atoms with Crippen LogP contribution in [0.2, 0.25) is 5.02 Å². The van der Waals surface area contributed by atoms with E-state index in [0.29, 0.717) is 12.5 Å². The number of piperidine rings is 1. The van der Waals surface area contributed by atoms with Crippen LogP contribution in [0.25, 0.3) is 0 Å². The lowest BCUT2D eigenvalue weighted by Crippen LogP contribution is -2.50. The van der Waals surface area contributed by atoms with Crippen molar-refractivity contribution < 1.29 is 4.79 Å². The van der Waals surface area contributed by atoms with Crippen molar-refractivity contribution in [2.75, 3.05) is 13.1 Å². The minimum absolute atomic E-state index is 0.0535. The van der Waals surface area contributed by atoms with Crippen LogP contribution in [0.4, 0.5) is 0 Å². The molecule has 1 aliphatic heterocycles. The first-order valence-corrected chi connectivity index (χ1v) is 8.22. The molecule has 1 aromatic rings. The second-order valence-corrected chi connectivity index (χ2v) is 6.44. The number of nitrogens with two attached hydrogens (primary N) is 1. The Hall–Kier alpha value is -1.06. The van der Waals surface area contributed by atoms with Crippen LogP contribution < -0.4 is 5.73 Å². The molecule has 1 saturated heterocycles. The topological polar surface area (TPSA) is 46.3 Å². The normalized spacial score (nSPS) is 22.6. The molecule has 1 amide bonds. The van der Waals surface area contributed by atoms with E-state index in [4.69, 9.17) is 17.3 Å². The number of rotatable bonds is 4. The van der Waals surface area contributed by atoms with Gasteiger partial charge in [0.25, 0.3) is 0 Å². The molecule has 2 rings (SSSR count). The van der Waals surface area contributed by atoms with Crippen molar-refractivity contribution >= 4 is 17.5 Å². The highest BCUT2D eigenvalue weighted by Gasteiger charge is 2.31. The van der Waals surface area contributed by atoms with Crippen molar-refractivity contribution in [2.45, 2.75) is 45.1 Å². The third kappa shape index (κ3) is 3.98. The van der Waals surface area contributed by atoms with Crippen LogP contribution in [0.15, 0.2) is 24.3 Å². The molecule has 21 heavy (non-hydrogen) atoms. The van der Waals surface area contributed by atoms with E-state index in [0.717, 1.165) is 30.8 Å². The van der Waals surface area contributed by atoms with Gasteiger partial charge in [-0.1, -0.05) is 37.6 Å². The fourth-order valence-corrected chi connectivity index (χ4v) is 3.32. The molecule has 2 atom stereocenters. The standard InChI is InChI=1S/C17H25ClN2O/c1-3-12(4-2)17(21)20-10-14(9-16(19)11-20)13-5-7-15(18)8-6-13/h5-8,12,14,16H,3-4,9-11,19H2,1-2H3. The molecule has 0 aliphatic carbocycles. The molecule has 0 bridgehead atoms. The lowest BCUT2D eigenvalue weighted by molar-refractivity contribution is -0.137. The second kappa shape index (κ2) is 7.28. The average Bonchev–Trinajstić information content (AvgIpc) is 2.48. The molecule has 0 spiro atoms. The Morgan fingerprint density at radius 2 is 1.90 bits per heavy atom. The summed E-state index contributed by atoms with van der Waals surface area (Å²) in [4.78, 5) is 14.5. The summed E-state index contributed by atoms with van der Waals surface area (Å²) in [5.74, 6) is 0.694. The molecule has 1 heterocycles. The number of nitrogens with zero attached hydrogens (tertiary/aromatic N) is 1. The molecule has 0 radical (unpaired) electrons. The van der Waals surface area contributed by atoms with Gasteiger partial charge >= 0.3 is 0 Å². The Morgan fingerprint density at radius 1 is 1.29 bits per heavy atom. The monoisotopic (exact) mass is 308 g/mol. The maximum atomic E-state index is 12.6. The van der Waals surface area contributed by atoms with Crippen LogP contribution in [0.5, 0.6) is 0 Å². The maximum Gasteiger partial charge on any atom is 0.225 e. The van der Waals surface area contributed by atoms with Gasteiger partial charge in [0.1, 0.15) is 0 Å². The lowest BCUT2D eigenvalue weighted by Gasteiger charge is -2.38. The lowest BCUT2D eigenvalue weighted by atomic mass is 9.87. The van der Waals surface area contributed by atoms with E-state index in [1.807, 2.05) is 29.2 Å². The van der Waals surface area contributed by atoms with Gasteiger partial charge in [0.05, 0.1) is 0 Å². The van der Waals surface area contributed by atoms with Gasteiger partial charge in [0, 0.05) is 36.0 Å². The number of hydrogen-bond donors (Lipinski definition) is 1. The highest BCUT2D eigenvalue weighted by molar-refractivity contribution is 6.30. The Bertz CT molecular complexity index is 470. The van der Waals surface area contributed by atoms with Crippen molar-refractivity contribution in [1.29, 1.82) is 0 Å². The molecule has 116 valence electrons. The number of carbonyl (C=O) groups excluding carboxylic acids is 1. The summed E-state index contributed by atoms with van der Waals surface area (Å²) in [5, 5.41) is 0.740. The molecular weight excluding hydrogens is 284 g/mol. The van der Waals surface area contributed by atoms with E-state index in [9.17, 15) is 4.79 Å². The van der Waals surface area contributed by atoms with Gasteiger partial charge in [-0.2, -0.15) is 0 Å². The summed E-state index contributed by atoms with van der Waals surface area (Å²) in [5.41, 5.74) is 7.40. The first-order valence-electron chi connectivity index (χ1n) is 7.84. The Morgan fingerprint density at radius 3 is 2.48 bits per heavy atom. The number of likely N-dealkylation sites (tertiary alicyclic amines) is 1. The quantitative estimate of drug-likeness (QED) is 0.926. The van der Waals surface area contributed by atoms with Gasteiger partial charge in [0.2, 0.25) is 5.91 Å². The van der Waals surface area contributed by atoms with E-state index in [2.05, 4.69) is 13.8 Å². The van der Waals surface area contributed by atoms with Gasteiger partial charge in [-0.25, -0.2) is 0 Å². The van der Waals surface area contributed by atoms with Gasteiger partial charge in [-0.3, -0.25) is 4.79 Å². The number of carbonyl (C=O) groups is 1. The fourth-order valence-electron chi connectivity index (χ4n) is 3.19. The first-order chi connectivity index (χ1) is 10.0. The second-order valence-electron chi connectivity index (χ2n) is 6.00. The first kappa shape index (κ1) is 16.3. The molecule has 3 nitrogen and oxygen atoms in total. The van der Waals surface area contributed by atoms with Crippen molar-refractivity contribution in [3.8, 4) is 0 Å². The smallest absolute Gasteiger partial charge is 0.225 e. The summed E-state index contributed by atoms with van der Waals surface area (Å²) in [6, 6.07) is 7.96. The predicted octanol–water partition coefficient (Wildman–Crippen LogP) is 3.42. The van der Waals surface area contributed by atoms with Gasteiger partial charge in [-0.05, 0) is 37.0 Å². The van der Waals surface area contributed by atoms with Crippen LogP contribution in [0.3, 0.4) is 0 Å². The van der Waals surface area contributed by atoms with Crippen LogP contribution in [0, 0.1) is 5.92 Å². The summed E-state index contributed by atoms with van der Waals surface area (Å²) >= 11 is 5.95. The third-order valence-corrected chi connectivity index (χ3v) is 4.72. The summed E-state index contributed by atoms with van der Waals surface area (Å²) < 4.78 is 0. The summed E-state index contributed by atoms with van der Waals surface area (Å²) in [6.45, 7) is 5.60. The van der Waals surface area contributed by atoms with Crippen LogP contribution in [-0.2, 0) is 4.79 Å². The Kier molecular flexibility index (Phi) is 5.65. The highest BCUT2D eigenvalue weighted by atomic mass is 35.5. The zero-order valence-corrected chi connectivity index (χ0v) is 13.6. The van der Waals surface area contributed by atoms with E-state index in [1.54, 1.807) is 0 Å². The number of hydrogen-bond acceptors (Lipinski definition) is 2. The Balaban J connectivity index is 2.12. The van der Waals surface area contributed by atoms with Crippen molar-refractivity contribution in [1.82, 2.24) is 4.90 Å². The van der Waals surface area contributed by atoms with E-state index in [1.165, 1.54) is 5.56 Å². The Labute approximate surface area is 132 Å². The SMILES string of the molecule is CCC(CC)C(=O)N1CC(N)CC(c2ccc(Cl)cc2)C1. The summed E-state index contributed by atoms with van der Waals surface area (Å²) in [6.07, 6.45) is 2.72. The van der Waals surface area contributed by atoms with Crippen molar-refractivity contribution in [3.05, 3.63) is 34.9 Å². The molecule has 0 saturated carbocycles. The molecule has 1 aliphatic rings. The molecular formula is C17H25ClN2O. The van der Waals surface area contributed by atoms with E-state index in [-0.39, 0.29) is 17.9 Å². The third-order valence-electron chi connectivity index (χ3n) is 4.47. The minimum Gasteiger partial charge on any atom is -0.340 e. The largest absolute Gasteiger partial charge is 0.340 e. The zero-order valence-electron chi connectivity index (χ0n) is 12.9. The fraction of sp³-hybridized carbons (Fsp3) is 0.588. The molecule has 4 heteroatoms. The summed E-state index contributed by atoms with van der Waals surface area (Å²) in [7, 11) is 0. The van der Waals surface area contributed by atoms with E-state index >= 15 is 0 Å². The number of benzene rings is 1. The predicted molar refractivity (Wildman–Crippen MR) is 87.4 cm³/mol. The van der Waals surface area contributed by atoms with Gasteiger partial charge in [-0.15, -0.1) is 0 Å². The van der Waals surface area contributed by atoms with Crippen molar-refractivity contribution in [3.63, 3.8) is 0 Å². The number of halogens is 1.